The van der Waals surface area contributed by atoms with Gasteiger partial charge in [-0.05, 0) is 0 Å². The van der Waals surface area contributed by atoms with Crippen LogP contribution in [0.25, 0.3) is 0 Å². The molecule has 0 saturated carbocycles. The summed E-state index contributed by atoms with van der Waals surface area (Å²) in [7, 11) is 0. The second-order valence-corrected chi connectivity index (χ2v) is 1.07. The summed E-state index contributed by atoms with van der Waals surface area (Å²) >= 11 is 0. The fourth-order valence-corrected chi connectivity index (χ4v) is 0.306. The Kier molecular flexibility index (Phi) is 1.28. The van der Waals surface area contributed by atoms with Crippen LogP contribution in [0.15, 0.2) is 23.6 Å². The predicted octanol–water partition coefficient (Wildman–Crippen LogP) is 0.448. The van der Waals surface area contributed by atoms with E-state index in [2.05, 4.69) is 16.4 Å². The Hall–Kier alpha value is -1.05. The van der Waals surface area contributed by atoms with Gasteiger partial charge in [-0.15, -0.1) is 0 Å². The lowest BCUT2D eigenvalue weighted by Gasteiger charge is -1.77. The van der Waals surface area contributed by atoms with Crippen LogP contribution in [0.2, 0.25) is 0 Å². The summed E-state index contributed by atoms with van der Waals surface area (Å²) in [6.45, 7) is 0. The van der Waals surface area contributed by atoms with E-state index in [-0.39, 0.29) is 0 Å². The van der Waals surface area contributed by atoms with E-state index < -0.39 is 0 Å². The van der Waals surface area contributed by atoms with Crippen LogP contribution in [0.1, 0.15) is 0 Å². The Balaban J connectivity index is 2.60. The van der Waals surface area contributed by atoms with E-state index in [1.54, 1.807) is 24.8 Å². The van der Waals surface area contributed by atoms with Gasteiger partial charge >= 0.3 is 0 Å². The molecule has 0 aliphatic carbocycles. The Morgan fingerprint density at radius 2 is 2.57 bits per heavy atom. The van der Waals surface area contributed by atoms with Crippen molar-refractivity contribution < 1.29 is 0 Å². The van der Waals surface area contributed by atoms with E-state index >= 15 is 0 Å². The zero-order chi connectivity index (χ0) is 4.95. The van der Waals surface area contributed by atoms with Crippen molar-refractivity contribution in [3.63, 3.8) is 0 Å². The largest absolute Gasteiger partial charge is 0.366 e. The number of rotatable bonds is 0. The topological polar surface area (TPSA) is 24.4 Å². The van der Waals surface area contributed by atoms with Crippen LogP contribution in [0.4, 0.5) is 0 Å². The standard InChI is InChI=1S/C5H5N2/c1-2-6-4-5-7-3-1/h2-6H. The van der Waals surface area contributed by atoms with Gasteiger partial charge in [-0.25, -0.2) is 0 Å². The average Bonchev–Trinajstić information content (AvgIpc) is 1.90. The molecule has 2 nitrogen and oxygen atoms in total. The van der Waals surface area contributed by atoms with Gasteiger partial charge in [-0.3, -0.25) is 4.99 Å². The summed E-state index contributed by atoms with van der Waals surface area (Å²) < 4.78 is 0. The van der Waals surface area contributed by atoms with Crippen molar-refractivity contribution >= 4 is 6.21 Å². The molecule has 2 heteroatoms. The second-order valence-electron chi connectivity index (χ2n) is 1.07. The van der Waals surface area contributed by atoms with E-state index in [1.807, 2.05) is 0 Å². The third kappa shape index (κ3) is 1.22. The fraction of sp³-hybridized carbons (Fsp3) is 0. The smallest absolute Gasteiger partial charge is 0.0428 e. The maximum atomic E-state index is 3.76. The molecule has 7 heavy (non-hydrogen) atoms. The van der Waals surface area contributed by atoms with E-state index in [4.69, 9.17) is 0 Å². The summed E-state index contributed by atoms with van der Waals surface area (Å²) in [6.07, 6.45) is 9.43. The second kappa shape index (κ2) is 2.18. The molecule has 1 aliphatic heterocycles. The van der Waals surface area contributed by atoms with Gasteiger partial charge in [-0.1, -0.05) is 0 Å². The summed E-state index contributed by atoms with van der Waals surface area (Å²) in [5.41, 5.74) is 0. The van der Waals surface area contributed by atoms with Crippen LogP contribution in [0.3, 0.4) is 0 Å². The monoisotopic (exact) mass is 93.0 g/mol. The maximum absolute atomic E-state index is 3.76. The van der Waals surface area contributed by atoms with Gasteiger partial charge < -0.3 is 5.32 Å². The molecule has 0 atom stereocenters. The zero-order valence-corrected chi connectivity index (χ0v) is 3.76. The highest BCUT2D eigenvalue weighted by molar-refractivity contribution is 5.67. The SMILES string of the molecule is [C]1=CNC=CN=C1. The van der Waals surface area contributed by atoms with Crippen molar-refractivity contribution in [2.75, 3.05) is 0 Å². The van der Waals surface area contributed by atoms with Crippen molar-refractivity contribution in [2.45, 2.75) is 0 Å². The first-order valence-corrected chi connectivity index (χ1v) is 2.00. The lowest BCUT2D eigenvalue weighted by atomic mass is 10.7. The Bertz CT molecular complexity index is 108. The lowest BCUT2D eigenvalue weighted by Crippen LogP contribution is -1.88. The molecule has 1 N–H and O–H groups in total. The molecule has 0 aromatic heterocycles. The van der Waals surface area contributed by atoms with Crippen LogP contribution >= 0.6 is 0 Å². The van der Waals surface area contributed by atoms with Crippen molar-refractivity contribution in [1.82, 2.24) is 5.32 Å². The predicted molar refractivity (Wildman–Crippen MR) is 28.6 cm³/mol. The molecule has 0 amide bonds. The minimum absolute atomic E-state index is 1.59. The first-order valence-electron chi connectivity index (χ1n) is 2.00. The molecule has 1 heterocycles. The number of hydrogen-bond donors (Lipinski definition) is 1. The van der Waals surface area contributed by atoms with Crippen LogP contribution in [-0.4, -0.2) is 6.21 Å². The zero-order valence-electron chi connectivity index (χ0n) is 3.76. The Morgan fingerprint density at radius 1 is 1.57 bits per heavy atom. The van der Waals surface area contributed by atoms with E-state index in [0.717, 1.165) is 0 Å². The minimum Gasteiger partial charge on any atom is -0.366 e. The molecule has 1 aliphatic rings. The molecule has 0 fully saturated rings. The number of aliphatic imine (C=N–C) groups is 1. The van der Waals surface area contributed by atoms with Crippen LogP contribution in [-0.2, 0) is 0 Å². The van der Waals surface area contributed by atoms with Gasteiger partial charge in [0.25, 0.3) is 0 Å². The van der Waals surface area contributed by atoms with Gasteiger partial charge in [0.05, 0.1) is 0 Å². The maximum Gasteiger partial charge on any atom is 0.0428 e. The molecular weight excluding hydrogens is 88.1 g/mol. The fourth-order valence-electron chi connectivity index (χ4n) is 0.306. The van der Waals surface area contributed by atoms with Crippen LogP contribution in [0, 0.1) is 6.08 Å². The molecule has 0 aromatic rings. The number of nitrogens with zero attached hydrogens (tertiary/aromatic N) is 1. The van der Waals surface area contributed by atoms with Gasteiger partial charge in [0, 0.05) is 30.9 Å². The third-order valence-corrected chi connectivity index (χ3v) is 0.573. The molecular formula is C5H5N2. The summed E-state index contributed by atoms with van der Waals surface area (Å²) in [4.78, 5) is 3.76. The van der Waals surface area contributed by atoms with Gasteiger partial charge in [0.1, 0.15) is 0 Å². The molecule has 35 valence electrons. The van der Waals surface area contributed by atoms with E-state index in [0.29, 0.717) is 0 Å². The number of hydrogen-bond acceptors (Lipinski definition) is 2. The molecule has 0 unspecified atom stereocenters. The molecule has 1 radical (unpaired) electrons. The molecule has 0 aromatic carbocycles. The van der Waals surface area contributed by atoms with Crippen LogP contribution in [0.5, 0.6) is 0 Å². The average molecular weight is 93.1 g/mol. The number of nitrogens with one attached hydrogen (secondary N) is 1. The van der Waals surface area contributed by atoms with Gasteiger partial charge in [0.15, 0.2) is 0 Å². The van der Waals surface area contributed by atoms with Crippen LogP contribution < -0.4 is 5.32 Å². The highest BCUT2D eigenvalue weighted by atomic mass is 14.8. The third-order valence-electron chi connectivity index (χ3n) is 0.573. The molecule has 0 spiro atoms. The highest BCUT2D eigenvalue weighted by Gasteiger charge is 1.69. The van der Waals surface area contributed by atoms with E-state index in [1.165, 1.54) is 0 Å². The minimum atomic E-state index is 1.59. The molecule has 0 saturated heterocycles. The van der Waals surface area contributed by atoms with E-state index in [9.17, 15) is 0 Å². The molecule has 0 bridgehead atoms. The van der Waals surface area contributed by atoms with Crippen molar-refractivity contribution in [3.8, 4) is 0 Å². The number of allylic oxidation sites excluding steroid dienone is 1. The first kappa shape index (κ1) is 4.12. The highest BCUT2D eigenvalue weighted by Crippen LogP contribution is 1.74. The van der Waals surface area contributed by atoms with Gasteiger partial charge in [0.2, 0.25) is 0 Å². The van der Waals surface area contributed by atoms with Gasteiger partial charge in [-0.2, -0.15) is 0 Å². The first-order chi connectivity index (χ1) is 3.50. The summed E-state index contributed by atoms with van der Waals surface area (Å²) in [6, 6.07) is 0. The Labute approximate surface area is 42.3 Å². The molecule has 1 rings (SSSR count). The van der Waals surface area contributed by atoms with Crippen molar-refractivity contribution in [1.29, 1.82) is 0 Å². The normalized spacial score (nSPS) is 16.0. The van der Waals surface area contributed by atoms with Crippen molar-refractivity contribution in [3.05, 3.63) is 24.7 Å². The summed E-state index contributed by atoms with van der Waals surface area (Å²) in [5, 5.41) is 2.81. The lowest BCUT2D eigenvalue weighted by molar-refractivity contribution is 1.19. The Morgan fingerprint density at radius 3 is 3.57 bits per heavy atom. The quantitative estimate of drug-likeness (QED) is 0.462. The van der Waals surface area contributed by atoms with Crippen molar-refractivity contribution in [2.24, 2.45) is 4.99 Å². The summed E-state index contributed by atoms with van der Waals surface area (Å²) in [5.74, 6) is 0.